The largest absolute Gasteiger partial charge is 0.497 e. The number of halogens is 2. The maximum Gasteiger partial charge on any atom is 0.255 e. The molecule has 0 radical (unpaired) electrons. The standard InChI is InChI=1S/C19H19BrFNO4S/c1-26-13-6-7-16(20)15(12-13)19(23)22-9-8-18(27(24,25)11-10-22)14-4-2-3-5-17(14)21/h2-7,12,18H,8-11H2,1H3. The molecule has 0 spiro atoms. The Bertz CT molecular complexity index is 964. The fourth-order valence-electron chi connectivity index (χ4n) is 3.20. The summed E-state index contributed by atoms with van der Waals surface area (Å²) in [6, 6.07) is 10.9. The topological polar surface area (TPSA) is 63.7 Å². The number of ether oxygens (including phenoxy) is 1. The highest BCUT2D eigenvalue weighted by molar-refractivity contribution is 9.10. The van der Waals surface area contributed by atoms with Gasteiger partial charge in [0.2, 0.25) is 0 Å². The van der Waals surface area contributed by atoms with E-state index in [4.69, 9.17) is 4.74 Å². The van der Waals surface area contributed by atoms with Crippen LogP contribution in [0.5, 0.6) is 5.75 Å². The third kappa shape index (κ3) is 4.16. The van der Waals surface area contributed by atoms with E-state index in [0.717, 1.165) is 0 Å². The van der Waals surface area contributed by atoms with Crippen LogP contribution in [0.4, 0.5) is 4.39 Å². The van der Waals surface area contributed by atoms with Gasteiger partial charge >= 0.3 is 0 Å². The summed E-state index contributed by atoms with van der Waals surface area (Å²) < 4.78 is 45.3. The number of hydrogen-bond acceptors (Lipinski definition) is 4. The minimum absolute atomic E-state index is 0.0652. The van der Waals surface area contributed by atoms with Crippen LogP contribution in [-0.2, 0) is 9.84 Å². The lowest BCUT2D eigenvalue weighted by Gasteiger charge is -2.21. The third-order valence-electron chi connectivity index (χ3n) is 4.68. The molecule has 0 saturated carbocycles. The van der Waals surface area contributed by atoms with E-state index in [1.807, 2.05) is 0 Å². The molecule has 1 aliphatic rings. The first-order chi connectivity index (χ1) is 12.8. The number of sulfone groups is 1. The van der Waals surface area contributed by atoms with Crippen molar-refractivity contribution >= 4 is 31.7 Å². The molecular formula is C19H19BrFNO4S. The molecule has 2 aromatic carbocycles. The molecule has 0 aromatic heterocycles. The molecule has 144 valence electrons. The average molecular weight is 456 g/mol. The van der Waals surface area contributed by atoms with E-state index in [9.17, 15) is 17.6 Å². The van der Waals surface area contributed by atoms with Crippen LogP contribution in [-0.4, -0.2) is 45.2 Å². The average Bonchev–Trinajstić information content (AvgIpc) is 2.80. The molecule has 0 aliphatic carbocycles. The fourth-order valence-corrected chi connectivity index (χ4v) is 5.42. The van der Waals surface area contributed by atoms with Gasteiger partial charge in [0.25, 0.3) is 5.91 Å². The van der Waals surface area contributed by atoms with Gasteiger partial charge in [-0.2, -0.15) is 0 Å². The van der Waals surface area contributed by atoms with Gasteiger partial charge in [-0.05, 0) is 46.6 Å². The van der Waals surface area contributed by atoms with Gasteiger partial charge in [0, 0.05) is 23.1 Å². The molecule has 5 nitrogen and oxygen atoms in total. The summed E-state index contributed by atoms with van der Waals surface area (Å²) in [6.07, 6.45) is 0.149. The van der Waals surface area contributed by atoms with Crippen molar-refractivity contribution in [1.29, 1.82) is 0 Å². The molecule has 1 fully saturated rings. The summed E-state index contributed by atoms with van der Waals surface area (Å²) in [4.78, 5) is 14.4. The van der Waals surface area contributed by atoms with Gasteiger partial charge in [-0.15, -0.1) is 0 Å². The molecule has 27 heavy (non-hydrogen) atoms. The lowest BCUT2D eigenvalue weighted by molar-refractivity contribution is 0.0765. The van der Waals surface area contributed by atoms with Crippen molar-refractivity contribution in [3.8, 4) is 5.75 Å². The first-order valence-corrected chi connectivity index (χ1v) is 10.9. The number of methoxy groups -OCH3 is 1. The van der Waals surface area contributed by atoms with Gasteiger partial charge in [-0.1, -0.05) is 18.2 Å². The highest BCUT2D eigenvalue weighted by atomic mass is 79.9. The molecule has 3 rings (SSSR count). The van der Waals surface area contributed by atoms with E-state index >= 15 is 0 Å². The predicted octanol–water partition coefficient (Wildman–Crippen LogP) is 3.60. The van der Waals surface area contributed by atoms with Gasteiger partial charge in [0.1, 0.15) is 11.6 Å². The SMILES string of the molecule is COc1ccc(Br)c(C(=O)N2CCC(c3ccccc3F)S(=O)(=O)CC2)c1. The Morgan fingerprint density at radius 3 is 2.67 bits per heavy atom. The van der Waals surface area contributed by atoms with Crippen LogP contribution in [0.25, 0.3) is 0 Å². The van der Waals surface area contributed by atoms with Gasteiger partial charge in [-0.3, -0.25) is 4.79 Å². The number of benzene rings is 2. The summed E-state index contributed by atoms with van der Waals surface area (Å²) in [5.74, 6) is -0.501. The van der Waals surface area contributed by atoms with E-state index in [0.29, 0.717) is 15.8 Å². The van der Waals surface area contributed by atoms with Crippen molar-refractivity contribution < 1.29 is 22.3 Å². The van der Waals surface area contributed by atoms with E-state index < -0.39 is 20.9 Å². The van der Waals surface area contributed by atoms with Gasteiger partial charge in [0.05, 0.1) is 23.7 Å². The highest BCUT2D eigenvalue weighted by Crippen LogP contribution is 2.32. The number of carbonyl (C=O) groups excluding carboxylic acids is 1. The first-order valence-electron chi connectivity index (χ1n) is 8.42. The Morgan fingerprint density at radius 1 is 1.22 bits per heavy atom. The summed E-state index contributed by atoms with van der Waals surface area (Å²) >= 11 is 3.36. The van der Waals surface area contributed by atoms with E-state index in [-0.39, 0.29) is 36.7 Å². The maximum absolute atomic E-state index is 14.1. The second-order valence-corrected chi connectivity index (χ2v) is 9.46. The van der Waals surface area contributed by atoms with E-state index in [1.165, 1.54) is 30.2 Å². The zero-order valence-electron chi connectivity index (χ0n) is 14.7. The Hall–Kier alpha value is -1.93. The van der Waals surface area contributed by atoms with Crippen LogP contribution in [0.2, 0.25) is 0 Å². The van der Waals surface area contributed by atoms with Crippen LogP contribution in [0, 0.1) is 5.82 Å². The summed E-state index contributed by atoms with van der Waals surface area (Å²) in [7, 11) is -2.07. The second kappa shape index (κ2) is 7.98. The number of nitrogens with zero attached hydrogens (tertiary/aromatic N) is 1. The number of hydrogen-bond donors (Lipinski definition) is 0. The summed E-state index contributed by atoms with van der Waals surface area (Å²) in [6.45, 7) is 0.288. The smallest absolute Gasteiger partial charge is 0.255 e. The lowest BCUT2D eigenvalue weighted by atomic mass is 10.1. The third-order valence-corrected chi connectivity index (χ3v) is 7.48. The molecule has 1 unspecified atom stereocenters. The Labute approximate surface area is 166 Å². The van der Waals surface area contributed by atoms with Crippen LogP contribution in [0.1, 0.15) is 27.6 Å². The monoisotopic (exact) mass is 455 g/mol. The zero-order chi connectivity index (χ0) is 19.6. The molecule has 1 atom stereocenters. The van der Waals surface area contributed by atoms with Crippen molar-refractivity contribution in [1.82, 2.24) is 4.90 Å². The Kier molecular flexibility index (Phi) is 5.86. The molecule has 1 aliphatic heterocycles. The van der Waals surface area contributed by atoms with Gasteiger partial charge in [0.15, 0.2) is 9.84 Å². The van der Waals surface area contributed by atoms with Crippen molar-refractivity contribution in [2.24, 2.45) is 0 Å². The Balaban J connectivity index is 1.87. The van der Waals surface area contributed by atoms with Crippen LogP contribution in [0.3, 0.4) is 0 Å². The van der Waals surface area contributed by atoms with Crippen molar-refractivity contribution in [2.45, 2.75) is 11.7 Å². The van der Waals surface area contributed by atoms with Crippen LogP contribution >= 0.6 is 15.9 Å². The van der Waals surface area contributed by atoms with Crippen molar-refractivity contribution in [2.75, 3.05) is 26.0 Å². The quantitative estimate of drug-likeness (QED) is 0.708. The van der Waals surface area contributed by atoms with Crippen molar-refractivity contribution in [3.05, 3.63) is 63.9 Å². The molecule has 1 saturated heterocycles. The molecule has 8 heteroatoms. The van der Waals surface area contributed by atoms with Crippen LogP contribution in [0.15, 0.2) is 46.9 Å². The molecule has 2 aromatic rings. The zero-order valence-corrected chi connectivity index (χ0v) is 17.1. The molecular weight excluding hydrogens is 437 g/mol. The minimum atomic E-state index is -3.58. The van der Waals surface area contributed by atoms with E-state index in [1.54, 1.807) is 24.3 Å². The van der Waals surface area contributed by atoms with Crippen LogP contribution < -0.4 is 4.74 Å². The van der Waals surface area contributed by atoms with Gasteiger partial charge < -0.3 is 9.64 Å². The van der Waals surface area contributed by atoms with Gasteiger partial charge in [-0.25, -0.2) is 12.8 Å². The predicted molar refractivity (Wildman–Crippen MR) is 104 cm³/mol. The minimum Gasteiger partial charge on any atom is -0.497 e. The summed E-state index contributed by atoms with van der Waals surface area (Å²) in [5.41, 5.74) is 0.561. The maximum atomic E-state index is 14.1. The summed E-state index contributed by atoms with van der Waals surface area (Å²) in [5, 5.41) is -0.953. The number of amides is 1. The van der Waals surface area contributed by atoms with Crippen molar-refractivity contribution in [3.63, 3.8) is 0 Å². The highest BCUT2D eigenvalue weighted by Gasteiger charge is 2.34. The first kappa shape index (κ1) is 19.8. The van der Waals surface area contributed by atoms with E-state index in [2.05, 4.69) is 15.9 Å². The Morgan fingerprint density at radius 2 is 1.96 bits per heavy atom. The fraction of sp³-hybridized carbons (Fsp3) is 0.316. The number of rotatable bonds is 3. The molecule has 0 bridgehead atoms. The molecule has 1 amide bonds. The normalized spacial score (nSPS) is 19.4. The number of carbonyl (C=O) groups is 1. The molecule has 0 N–H and O–H groups in total. The second-order valence-electron chi connectivity index (χ2n) is 6.30. The lowest BCUT2D eigenvalue weighted by Crippen LogP contribution is -2.33. The molecule has 1 heterocycles.